The van der Waals surface area contributed by atoms with E-state index >= 15 is 0 Å². The van der Waals surface area contributed by atoms with Gasteiger partial charge in [-0.05, 0) is 69.3 Å². The number of likely N-dealkylation sites (tertiary alicyclic amines) is 1. The number of amides is 2. The van der Waals surface area contributed by atoms with E-state index in [1.165, 1.54) is 6.92 Å². The van der Waals surface area contributed by atoms with Gasteiger partial charge < -0.3 is 30.0 Å². The molecule has 2 aliphatic rings. The van der Waals surface area contributed by atoms with Crippen molar-refractivity contribution in [1.82, 2.24) is 4.90 Å². The maximum absolute atomic E-state index is 13.0. The van der Waals surface area contributed by atoms with Crippen LogP contribution in [-0.2, 0) is 20.7 Å². The normalized spacial score (nSPS) is 28.2. The third kappa shape index (κ3) is 6.45. The summed E-state index contributed by atoms with van der Waals surface area (Å²) in [6.45, 7) is 8.01. The summed E-state index contributed by atoms with van der Waals surface area (Å²) in [6, 6.07) is 7.43. The van der Waals surface area contributed by atoms with Crippen LogP contribution in [0.1, 0.15) is 45.1 Å². The fourth-order valence-corrected chi connectivity index (χ4v) is 8.22. The van der Waals surface area contributed by atoms with Gasteiger partial charge in [0.15, 0.2) is 8.32 Å². The van der Waals surface area contributed by atoms with Crippen LogP contribution in [0, 0.1) is 5.92 Å². The van der Waals surface area contributed by atoms with Crippen molar-refractivity contribution in [3.63, 3.8) is 0 Å². The molecule has 6 atom stereocenters. The van der Waals surface area contributed by atoms with Crippen molar-refractivity contribution in [2.24, 2.45) is 5.92 Å². The Hall–Kier alpha value is -1.78. The number of aliphatic hydroxyl groups excluding tert-OH is 2. The highest BCUT2D eigenvalue weighted by atomic mass is 28.4. The molecular weight excluding hydrogens is 452 g/mol. The number of nitrogens with zero attached hydrogens (tertiary/aromatic N) is 1. The minimum Gasteiger partial charge on any atom is -0.432 e. The highest BCUT2D eigenvalue weighted by Crippen LogP contribution is 2.45. The number of benzene rings is 1. The molecule has 0 unspecified atom stereocenters. The van der Waals surface area contributed by atoms with E-state index in [1.54, 1.807) is 11.0 Å². The monoisotopic (exact) mass is 492 g/mol. The smallest absolute Gasteiger partial charge is 0.252 e. The van der Waals surface area contributed by atoms with Gasteiger partial charge in [0.05, 0.1) is 31.3 Å². The summed E-state index contributed by atoms with van der Waals surface area (Å²) in [6.07, 6.45) is 1.96. The minimum atomic E-state index is -2.59. The van der Waals surface area contributed by atoms with Gasteiger partial charge in [-0.3, -0.25) is 9.59 Å². The van der Waals surface area contributed by atoms with Gasteiger partial charge in [0.25, 0.3) is 5.91 Å². The van der Waals surface area contributed by atoms with Crippen LogP contribution in [0.3, 0.4) is 0 Å². The first-order valence-electron chi connectivity index (χ1n) is 12.4. The van der Waals surface area contributed by atoms with E-state index < -0.39 is 20.3 Å². The second-order valence-corrected chi connectivity index (χ2v) is 14.4. The SMILES string of the molecule is C[C@H]1[C@H]([Si](C)(C)O)[C@@H](CC(=O)N2CCC[C@H]2CO)O[C@H]1CCc1cccc(NC(=O)[C@H](C)O)c1. The summed E-state index contributed by atoms with van der Waals surface area (Å²) in [5.74, 6) is -0.328. The zero-order chi connectivity index (χ0) is 25.0. The molecule has 2 fully saturated rings. The molecule has 9 heteroatoms. The van der Waals surface area contributed by atoms with Crippen molar-refractivity contribution in [2.75, 3.05) is 18.5 Å². The molecule has 1 aromatic carbocycles. The number of aliphatic hydroxyl groups is 2. The number of ether oxygens (including phenoxy) is 1. The average Bonchev–Trinajstić information content (AvgIpc) is 3.36. The van der Waals surface area contributed by atoms with Crippen LogP contribution in [0.5, 0.6) is 0 Å². The topological polar surface area (TPSA) is 119 Å². The van der Waals surface area contributed by atoms with Gasteiger partial charge in [-0.1, -0.05) is 19.1 Å². The standard InChI is InChI=1S/C25H40N2O6Si/c1-16-21(11-10-18-7-5-8-19(13-18)26-25(31)17(2)29)33-22(24(16)34(3,4)32)14-23(30)27-12-6-9-20(27)15-28/h5,7-8,13,16-17,20-22,24,28-29,32H,6,9-12,14-15H2,1-4H3,(H,26,31)/t16-,17+,20+,21+,22-,24+/m1/s1. The fraction of sp³-hybridized carbons (Fsp3) is 0.680. The molecule has 0 aromatic heterocycles. The Balaban J connectivity index is 1.65. The van der Waals surface area contributed by atoms with E-state index in [0.29, 0.717) is 12.2 Å². The quantitative estimate of drug-likeness (QED) is 0.393. The number of rotatable bonds is 9. The van der Waals surface area contributed by atoms with Crippen molar-refractivity contribution in [2.45, 2.75) is 88.9 Å². The molecule has 190 valence electrons. The number of hydrogen-bond donors (Lipinski definition) is 4. The van der Waals surface area contributed by atoms with Crippen LogP contribution in [0.2, 0.25) is 18.6 Å². The largest absolute Gasteiger partial charge is 0.432 e. The molecule has 8 nitrogen and oxygen atoms in total. The lowest BCUT2D eigenvalue weighted by Crippen LogP contribution is -2.43. The molecule has 0 bridgehead atoms. The molecule has 2 heterocycles. The Kier molecular flexibility index (Phi) is 8.91. The Morgan fingerprint density at radius 1 is 1.29 bits per heavy atom. The van der Waals surface area contributed by atoms with Crippen LogP contribution in [-0.4, -0.2) is 77.5 Å². The van der Waals surface area contributed by atoms with Crippen molar-refractivity contribution in [3.8, 4) is 0 Å². The van der Waals surface area contributed by atoms with Crippen molar-refractivity contribution < 1.29 is 29.3 Å². The predicted molar refractivity (Wildman–Crippen MR) is 133 cm³/mol. The van der Waals surface area contributed by atoms with Gasteiger partial charge in [-0.15, -0.1) is 0 Å². The van der Waals surface area contributed by atoms with Gasteiger partial charge >= 0.3 is 0 Å². The third-order valence-electron chi connectivity index (χ3n) is 7.29. The highest BCUT2D eigenvalue weighted by molar-refractivity contribution is 6.71. The van der Waals surface area contributed by atoms with Crippen LogP contribution in [0.15, 0.2) is 24.3 Å². The summed E-state index contributed by atoms with van der Waals surface area (Å²) < 4.78 is 6.42. The Morgan fingerprint density at radius 3 is 2.68 bits per heavy atom. The second-order valence-electron chi connectivity index (χ2n) is 10.4. The molecule has 2 saturated heterocycles. The van der Waals surface area contributed by atoms with E-state index in [4.69, 9.17) is 4.74 Å². The maximum atomic E-state index is 13.0. The molecule has 3 rings (SSSR count). The van der Waals surface area contributed by atoms with Crippen LogP contribution in [0.25, 0.3) is 0 Å². The Bertz CT molecular complexity index is 858. The summed E-state index contributed by atoms with van der Waals surface area (Å²) >= 11 is 0. The Labute approximate surface area is 203 Å². The minimum absolute atomic E-state index is 0.000737. The van der Waals surface area contributed by atoms with E-state index in [2.05, 4.69) is 12.2 Å². The summed E-state index contributed by atoms with van der Waals surface area (Å²) in [4.78, 5) is 37.6. The summed E-state index contributed by atoms with van der Waals surface area (Å²) in [7, 11) is -2.59. The molecule has 2 amide bonds. The van der Waals surface area contributed by atoms with E-state index in [9.17, 15) is 24.6 Å². The summed E-state index contributed by atoms with van der Waals surface area (Å²) in [5, 5.41) is 21.7. The lowest BCUT2D eigenvalue weighted by Gasteiger charge is -2.31. The van der Waals surface area contributed by atoms with Crippen LogP contribution >= 0.6 is 0 Å². The van der Waals surface area contributed by atoms with Crippen molar-refractivity contribution in [3.05, 3.63) is 29.8 Å². The van der Waals surface area contributed by atoms with Gasteiger partial charge in [-0.25, -0.2) is 0 Å². The summed E-state index contributed by atoms with van der Waals surface area (Å²) in [5.41, 5.74) is 1.63. The number of hydrogen-bond acceptors (Lipinski definition) is 6. The Morgan fingerprint density at radius 2 is 2.03 bits per heavy atom. The maximum Gasteiger partial charge on any atom is 0.252 e. The zero-order valence-electron chi connectivity index (χ0n) is 20.7. The fourth-order valence-electron chi connectivity index (χ4n) is 5.61. The highest BCUT2D eigenvalue weighted by Gasteiger charge is 2.50. The molecular formula is C25H40N2O6Si. The molecule has 0 radical (unpaired) electrons. The van der Waals surface area contributed by atoms with Crippen LogP contribution < -0.4 is 5.32 Å². The molecule has 4 N–H and O–H groups in total. The van der Waals surface area contributed by atoms with Gasteiger partial charge in [0.2, 0.25) is 5.91 Å². The molecule has 0 spiro atoms. The predicted octanol–water partition coefficient (Wildman–Crippen LogP) is 2.28. The lowest BCUT2D eigenvalue weighted by atomic mass is 9.95. The van der Waals surface area contributed by atoms with Gasteiger partial charge in [0.1, 0.15) is 6.10 Å². The number of nitrogens with one attached hydrogen (secondary N) is 1. The van der Waals surface area contributed by atoms with E-state index in [0.717, 1.165) is 31.2 Å². The number of carbonyl (C=O) groups excluding carboxylic acids is 2. The molecule has 0 saturated carbocycles. The number of anilines is 1. The lowest BCUT2D eigenvalue weighted by molar-refractivity contribution is -0.135. The first-order valence-corrected chi connectivity index (χ1v) is 15.4. The third-order valence-corrected chi connectivity index (χ3v) is 9.82. The first kappa shape index (κ1) is 26.8. The van der Waals surface area contributed by atoms with Crippen molar-refractivity contribution in [1.29, 1.82) is 0 Å². The number of carbonyl (C=O) groups is 2. The van der Waals surface area contributed by atoms with Crippen LogP contribution in [0.4, 0.5) is 5.69 Å². The molecule has 34 heavy (non-hydrogen) atoms. The van der Waals surface area contributed by atoms with Gasteiger partial charge in [-0.2, -0.15) is 0 Å². The second kappa shape index (κ2) is 11.3. The van der Waals surface area contributed by atoms with Crippen molar-refractivity contribution >= 4 is 25.8 Å². The molecule has 2 aliphatic heterocycles. The average molecular weight is 493 g/mol. The number of aryl methyl sites for hydroxylation is 1. The van der Waals surface area contributed by atoms with E-state index in [-0.39, 0.29) is 48.6 Å². The molecule has 1 aromatic rings. The zero-order valence-corrected chi connectivity index (χ0v) is 21.7. The molecule has 0 aliphatic carbocycles. The van der Waals surface area contributed by atoms with E-state index in [1.807, 2.05) is 31.3 Å². The van der Waals surface area contributed by atoms with Gasteiger partial charge in [0, 0.05) is 17.8 Å². The first-order chi connectivity index (χ1) is 16.0.